The molecule has 1 aromatic rings. The van der Waals surface area contributed by atoms with Gasteiger partial charge < -0.3 is 9.64 Å². The molecule has 0 unspecified atom stereocenters. The molecule has 0 radical (unpaired) electrons. The largest absolute Gasteiger partial charge is 0.496 e. The topological polar surface area (TPSA) is 36.0 Å². The Kier molecular flexibility index (Phi) is 6.73. The number of nitrogens with zero attached hydrogens (tertiary/aromatic N) is 3. The zero-order chi connectivity index (χ0) is 17.6. The fourth-order valence-electron chi connectivity index (χ4n) is 3.66. The monoisotopic (exact) mass is 409 g/mol. The van der Waals surface area contributed by atoms with Crippen molar-refractivity contribution in [1.82, 2.24) is 14.7 Å². The number of carbonyl (C=O) groups is 1. The quantitative estimate of drug-likeness (QED) is 0.748. The molecule has 5 nitrogen and oxygen atoms in total. The Morgan fingerprint density at radius 2 is 1.76 bits per heavy atom. The van der Waals surface area contributed by atoms with Crippen LogP contribution in [0.4, 0.5) is 0 Å². The smallest absolute Gasteiger partial charge is 0.236 e. The van der Waals surface area contributed by atoms with Crippen LogP contribution in [0.25, 0.3) is 0 Å². The minimum Gasteiger partial charge on any atom is -0.496 e. The zero-order valence-corrected chi connectivity index (χ0v) is 16.6. The third kappa shape index (κ3) is 5.19. The van der Waals surface area contributed by atoms with Crippen molar-refractivity contribution < 1.29 is 9.53 Å². The molecule has 0 spiro atoms. The summed E-state index contributed by atoms with van der Waals surface area (Å²) in [4.78, 5) is 19.2. The molecular formula is C19H28BrN3O2. The predicted octanol–water partition coefficient (Wildman–Crippen LogP) is 2.59. The van der Waals surface area contributed by atoms with Gasteiger partial charge in [0.1, 0.15) is 5.75 Å². The van der Waals surface area contributed by atoms with Gasteiger partial charge in [0.2, 0.25) is 5.91 Å². The van der Waals surface area contributed by atoms with E-state index in [1.54, 1.807) is 7.11 Å². The van der Waals surface area contributed by atoms with Gasteiger partial charge in [-0.15, -0.1) is 0 Å². The number of rotatable bonds is 5. The number of methoxy groups -OCH3 is 1. The number of likely N-dealkylation sites (tertiary alicyclic amines) is 1. The molecule has 0 bridgehead atoms. The lowest BCUT2D eigenvalue weighted by molar-refractivity contribution is -0.131. The number of halogens is 1. The summed E-state index contributed by atoms with van der Waals surface area (Å²) >= 11 is 3.56. The molecule has 138 valence electrons. The van der Waals surface area contributed by atoms with Crippen LogP contribution in [0.2, 0.25) is 0 Å². The molecule has 0 saturated carbocycles. The van der Waals surface area contributed by atoms with Crippen LogP contribution in [0.5, 0.6) is 5.75 Å². The molecule has 25 heavy (non-hydrogen) atoms. The molecule has 0 atom stereocenters. The van der Waals surface area contributed by atoms with Crippen LogP contribution in [0.1, 0.15) is 24.8 Å². The lowest BCUT2D eigenvalue weighted by atomic mass is 10.2. The highest BCUT2D eigenvalue weighted by Crippen LogP contribution is 2.26. The maximum Gasteiger partial charge on any atom is 0.236 e. The molecule has 2 heterocycles. The summed E-state index contributed by atoms with van der Waals surface area (Å²) in [7, 11) is 1.69. The van der Waals surface area contributed by atoms with E-state index in [-0.39, 0.29) is 0 Å². The minimum atomic E-state index is 0.310. The van der Waals surface area contributed by atoms with E-state index in [4.69, 9.17) is 4.74 Å². The highest BCUT2D eigenvalue weighted by atomic mass is 79.9. The van der Waals surface area contributed by atoms with Crippen molar-refractivity contribution in [3.05, 3.63) is 28.2 Å². The maximum absolute atomic E-state index is 12.3. The van der Waals surface area contributed by atoms with Crippen LogP contribution >= 0.6 is 15.9 Å². The van der Waals surface area contributed by atoms with Crippen LogP contribution < -0.4 is 4.74 Å². The Hall–Kier alpha value is -1.11. The van der Waals surface area contributed by atoms with Gasteiger partial charge in [0, 0.05) is 32.7 Å². The van der Waals surface area contributed by atoms with E-state index in [2.05, 4.69) is 37.9 Å². The molecule has 2 saturated heterocycles. The van der Waals surface area contributed by atoms with Crippen LogP contribution in [0, 0.1) is 0 Å². The molecule has 0 N–H and O–H groups in total. The lowest BCUT2D eigenvalue weighted by Crippen LogP contribution is -2.40. The maximum atomic E-state index is 12.3. The summed E-state index contributed by atoms with van der Waals surface area (Å²) < 4.78 is 6.30. The third-order valence-electron chi connectivity index (χ3n) is 5.12. The van der Waals surface area contributed by atoms with Crippen LogP contribution in [0.3, 0.4) is 0 Å². The van der Waals surface area contributed by atoms with E-state index in [9.17, 15) is 4.79 Å². The van der Waals surface area contributed by atoms with E-state index in [1.807, 2.05) is 11.0 Å². The number of carbonyl (C=O) groups excluding carboxylic acids is 1. The van der Waals surface area contributed by atoms with Crippen molar-refractivity contribution in [1.29, 1.82) is 0 Å². The fraction of sp³-hybridized carbons (Fsp3) is 0.632. The van der Waals surface area contributed by atoms with Gasteiger partial charge in [-0.2, -0.15) is 0 Å². The molecule has 3 rings (SSSR count). The first-order valence-electron chi connectivity index (χ1n) is 9.20. The van der Waals surface area contributed by atoms with E-state index < -0.39 is 0 Å². The Bertz CT molecular complexity index is 590. The van der Waals surface area contributed by atoms with Gasteiger partial charge in [-0.3, -0.25) is 14.6 Å². The van der Waals surface area contributed by atoms with Crippen molar-refractivity contribution in [3.8, 4) is 5.75 Å². The van der Waals surface area contributed by atoms with E-state index >= 15 is 0 Å². The van der Waals surface area contributed by atoms with E-state index in [1.165, 1.54) is 5.56 Å². The van der Waals surface area contributed by atoms with Gasteiger partial charge in [-0.05, 0) is 66.0 Å². The Labute approximate surface area is 159 Å². The van der Waals surface area contributed by atoms with Crippen molar-refractivity contribution in [3.63, 3.8) is 0 Å². The van der Waals surface area contributed by atoms with Gasteiger partial charge in [-0.1, -0.05) is 6.07 Å². The van der Waals surface area contributed by atoms with E-state index in [0.717, 1.165) is 75.3 Å². The highest BCUT2D eigenvalue weighted by Gasteiger charge is 2.22. The number of ether oxygens (including phenoxy) is 1. The van der Waals surface area contributed by atoms with E-state index in [0.29, 0.717) is 12.5 Å². The first kappa shape index (κ1) is 18.7. The van der Waals surface area contributed by atoms with Gasteiger partial charge in [-0.25, -0.2) is 0 Å². The second-order valence-electron chi connectivity index (χ2n) is 6.96. The van der Waals surface area contributed by atoms with Crippen molar-refractivity contribution in [2.24, 2.45) is 0 Å². The lowest BCUT2D eigenvalue weighted by Gasteiger charge is -2.24. The normalized spacial score (nSPS) is 19.8. The number of amides is 1. The molecule has 2 aliphatic heterocycles. The second kappa shape index (κ2) is 9.01. The average molecular weight is 410 g/mol. The highest BCUT2D eigenvalue weighted by molar-refractivity contribution is 9.10. The number of hydrogen-bond donors (Lipinski definition) is 0. The summed E-state index contributed by atoms with van der Waals surface area (Å²) in [5.74, 6) is 1.18. The molecule has 2 fully saturated rings. The Morgan fingerprint density at radius 1 is 1.04 bits per heavy atom. The summed E-state index contributed by atoms with van der Waals surface area (Å²) in [5, 5.41) is 0. The summed E-state index contributed by atoms with van der Waals surface area (Å²) in [6.07, 6.45) is 3.44. The zero-order valence-electron chi connectivity index (χ0n) is 15.0. The third-order valence-corrected chi connectivity index (χ3v) is 5.74. The molecule has 0 aromatic heterocycles. The first-order valence-corrected chi connectivity index (χ1v) is 10.00. The Morgan fingerprint density at radius 3 is 2.48 bits per heavy atom. The number of benzene rings is 1. The van der Waals surface area contributed by atoms with Gasteiger partial charge >= 0.3 is 0 Å². The SMILES string of the molecule is COc1ccc(CN2CCCN(CC(=O)N3CCCC3)CC2)cc1Br. The van der Waals surface area contributed by atoms with Crippen molar-refractivity contribution in [2.75, 3.05) is 52.9 Å². The standard InChI is InChI=1S/C19H28BrN3O2/c1-25-18-6-5-16(13-17(18)20)14-21-7-4-8-22(12-11-21)15-19(24)23-9-2-3-10-23/h5-6,13H,2-4,7-12,14-15H2,1H3. The summed E-state index contributed by atoms with van der Waals surface area (Å²) in [5.41, 5.74) is 1.29. The van der Waals surface area contributed by atoms with Gasteiger partial charge in [0.05, 0.1) is 18.1 Å². The number of hydrogen-bond acceptors (Lipinski definition) is 4. The fourth-order valence-corrected chi connectivity index (χ4v) is 4.25. The molecule has 1 aromatic carbocycles. The van der Waals surface area contributed by atoms with Crippen LogP contribution in [0.15, 0.2) is 22.7 Å². The first-order chi connectivity index (χ1) is 12.2. The summed E-state index contributed by atoms with van der Waals surface area (Å²) in [6.45, 7) is 7.50. The molecule has 6 heteroatoms. The van der Waals surface area contributed by atoms with Crippen LogP contribution in [-0.4, -0.2) is 73.5 Å². The van der Waals surface area contributed by atoms with Crippen molar-refractivity contribution in [2.45, 2.75) is 25.8 Å². The summed E-state index contributed by atoms with van der Waals surface area (Å²) in [6, 6.07) is 6.28. The van der Waals surface area contributed by atoms with Gasteiger partial charge in [0.25, 0.3) is 0 Å². The second-order valence-corrected chi connectivity index (χ2v) is 7.82. The average Bonchev–Trinajstić information content (AvgIpc) is 3.06. The van der Waals surface area contributed by atoms with Gasteiger partial charge in [0.15, 0.2) is 0 Å². The molecule has 0 aliphatic carbocycles. The Balaban J connectivity index is 1.49. The minimum absolute atomic E-state index is 0.310. The molecule has 2 aliphatic rings. The molecule has 1 amide bonds. The van der Waals surface area contributed by atoms with Crippen molar-refractivity contribution >= 4 is 21.8 Å². The predicted molar refractivity (Wildman–Crippen MR) is 103 cm³/mol. The van der Waals surface area contributed by atoms with Crippen LogP contribution in [-0.2, 0) is 11.3 Å². The molecular weight excluding hydrogens is 382 g/mol.